The lowest BCUT2D eigenvalue weighted by Gasteiger charge is -2.42. The SMILES string of the molecule is CCOCCN1CCN(C2CCC(n3nc(-c4ccc5c(ccn5Cc5ccccc5Cl)c4)c4c(N)ncnc43)CC2)CC1. The Morgan fingerprint density at radius 1 is 0.955 bits per heavy atom. The lowest BCUT2D eigenvalue weighted by Crippen LogP contribution is -2.51. The third kappa shape index (κ3) is 5.81. The fourth-order valence-electron chi connectivity index (χ4n) is 7.11. The van der Waals surface area contributed by atoms with Gasteiger partial charge in [-0.3, -0.25) is 9.80 Å². The lowest BCUT2D eigenvalue weighted by atomic mass is 9.90. The molecule has 9 nitrogen and oxygen atoms in total. The van der Waals surface area contributed by atoms with Crippen molar-refractivity contribution in [3.63, 3.8) is 0 Å². The van der Waals surface area contributed by atoms with Crippen LogP contribution >= 0.6 is 11.6 Å². The summed E-state index contributed by atoms with van der Waals surface area (Å²) in [6.07, 6.45) is 8.19. The molecule has 44 heavy (non-hydrogen) atoms. The zero-order chi connectivity index (χ0) is 30.0. The van der Waals surface area contributed by atoms with E-state index >= 15 is 0 Å². The largest absolute Gasteiger partial charge is 0.383 e. The molecule has 1 saturated carbocycles. The summed E-state index contributed by atoms with van der Waals surface area (Å²) in [6, 6.07) is 17.6. The van der Waals surface area contributed by atoms with E-state index in [9.17, 15) is 0 Å². The van der Waals surface area contributed by atoms with Crippen molar-refractivity contribution in [2.45, 2.75) is 51.2 Å². The van der Waals surface area contributed by atoms with Crippen molar-refractivity contribution in [3.8, 4) is 11.3 Å². The van der Waals surface area contributed by atoms with Crippen LogP contribution in [0.5, 0.6) is 0 Å². The normalized spacial score (nSPS) is 20.1. The molecule has 2 fully saturated rings. The van der Waals surface area contributed by atoms with Crippen molar-refractivity contribution < 1.29 is 4.74 Å². The van der Waals surface area contributed by atoms with E-state index < -0.39 is 0 Å². The molecule has 2 N–H and O–H groups in total. The lowest BCUT2D eigenvalue weighted by molar-refractivity contribution is 0.0507. The van der Waals surface area contributed by atoms with E-state index in [1.807, 2.05) is 18.2 Å². The van der Waals surface area contributed by atoms with Gasteiger partial charge in [-0.05, 0) is 62.4 Å². The van der Waals surface area contributed by atoms with Crippen LogP contribution in [0.3, 0.4) is 0 Å². The van der Waals surface area contributed by atoms with Gasteiger partial charge < -0.3 is 15.0 Å². The molecule has 0 bridgehead atoms. The number of benzene rings is 2. The van der Waals surface area contributed by atoms with Gasteiger partial charge in [-0.15, -0.1) is 0 Å². The molecule has 7 rings (SSSR count). The second-order valence-corrected chi connectivity index (χ2v) is 12.5. The van der Waals surface area contributed by atoms with Crippen LogP contribution in [-0.4, -0.2) is 86.1 Å². The molecule has 0 atom stereocenters. The number of aromatic nitrogens is 5. The second-order valence-electron chi connectivity index (χ2n) is 12.1. The first-order valence-corrected chi connectivity index (χ1v) is 16.3. The van der Waals surface area contributed by atoms with Crippen LogP contribution in [0.4, 0.5) is 5.82 Å². The van der Waals surface area contributed by atoms with E-state index in [0.717, 1.165) is 103 Å². The second kappa shape index (κ2) is 12.9. The quantitative estimate of drug-likeness (QED) is 0.208. The Morgan fingerprint density at radius 3 is 2.55 bits per heavy atom. The molecule has 1 aliphatic carbocycles. The highest BCUT2D eigenvalue weighted by molar-refractivity contribution is 6.31. The Bertz CT molecular complexity index is 1730. The highest BCUT2D eigenvalue weighted by atomic mass is 35.5. The Labute approximate surface area is 263 Å². The number of hydrogen-bond donors (Lipinski definition) is 1. The van der Waals surface area contributed by atoms with E-state index in [4.69, 9.17) is 32.2 Å². The van der Waals surface area contributed by atoms with Gasteiger partial charge in [0.1, 0.15) is 17.8 Å². The smallest absolute Gasteiger partial charge is 0.164 e. The van der Waals surface area contributed by atoms with Crippen molar-refractivity contribution in [1.82, 2.24) is 34.1 Å². The highest BCUT2D eigenvalue weighted by Crippen LogP contribution is 2.38. The maximum atomic E-state index is 6.48. The van der Waals surface area contributed by atoms with Gasteiger partial charge >= 0.3 is 0 Å². The summed E-state index contributed by atoms with van der Waals surface area (Å²) in [5.41, 5.74) is 11.4. The third-order valence-corrected chi connectivity index (χ3v) is 9.92. The molecular formula is C34H41ClN8O. The summed E-state index contributed by atoms with van der Waals surface area (Å²) < 4.78 is 9.93. The molecule has 1 aliphatic heterocycles. The Balaban J connectivity index is 1.09. The predicted octanol–water partition coefficient (Wildman–Crippen LogP) is 5.87. The van der Waals surface area contributed by atoms with Crippen LogP contribution in [0.15, 0.2) is 61.1 Å². The molecule has 3 aromatic heterocycles. The fraction of sp³-hybridized carbons (Fsp3) is 0.441. The maximum Gasteiger partial charge on any atom is 0.164 e. The van der Waals surface area contributed by atoms with E-state index in [2.05, 4.69) is 67.5 Å². The summed E-state index contributed by atoms with van der Waals surface area (Å²) in [4.78, 5) is 14.3. The van der Waals surface area contributed by atoms with Crippen molar-refractivity contribution >= 4 is 39.4 Å². The zero-order valence-corrected chi connectivity index (χ0v) is 26.2. The molecule has 0 radical (unpaired) electrons. The molecule has 10 heteroatoms. The number of ether oxygens (including phenoxy) is 1. The van der Waals surface area contributed by atoms with E-state index in [-0.39, 0.29) is 0 Å². The van der Waals surface area contributed by atoms with Gasteiger partial charge in [0.2, 0.25) is 0 Å². The topological polar surface area (TPSA) is 90.3 Å². The number of halogens is 1. The summed E-state index contributed by atoms with van der Waals surface area (Å²) in [5, 5.41) is 7.96. The minimum Gasteiger partial charge on any atom is -0.383 e. The number of fused-ring (bicyclic) bond motifs is 2. The summed E-state index contributed by atoms with van der Waals surface area (Å²) in [6.45, 7) is 9.98. The van der Waals surface area contributed by atoms with Gasteiger partial charge in [0, 0.05) is 79.6 Å². The van der Waals surface area contributed by atoms with Crippen LogP contribution in [0.2, 0.25) is 5.02 Å². The van der Waals surface area contributed by atoms with Crippen LogP contribution in [-0.2, 0) is 11.3 Å². The zero-order valence-electron chi connectivity index (χ0n) is 25.4. The van der Waals surface area contributed by atoms with Gasteiger partial charge in [0.25, 0.3) is 0 Å². The maximum absolute atomic E-state index is 6.48. The Morgan fingerprint density at radius 2 is 1.75 bits per heavy atom. The number of rotatable bonds is 9. The van der Waals surface area contributed by atoms with Gasteiger partial charge in [-0.1, -0.05) is 35.9 Å². The summed E-state index contributed by atoms with van der Waals surface area (Å²) in [7, 11) is 0. The Kier molecular flexibility index (Phi) is 8.53. The number of nitrogens with zero attached hydrogens (tertiary/aromatic N) is 7. The van der Waals surface area contributed by atoms with Gasteiger partial charge in [-0.25, -0.2) is 14.6 Å². The van der Waals surface area contributed by atoms with E-state index in [0.29, 0.717) is 24.4 Å². The molecule has 4 heterocycles. The van der Waals surface area contributed by atoms with E-state index in [1.165, 1.54) is 12.8 Å². The first-order chi connectivity index (χ1) is 21.6. The Hall–Kier alpha value is -3.50. The third-order valence-electron chi connectivity index (χ3n) is 9.55. The first kappa shape index (κ1) is 29.2. The predicted molar refractivity (Wildman–Crippen MR) is 177 cm³/mol. The number of hydrogen-bond acceptors (Lipinski definition) is 7. The van der Waals surface area contributed by atoms with Crippen molar-refractivity contribution in [2.75, 3.05) is 51.7 Å². The van der Waals surface area contributed by atoms with Crippen molar-refractivity contribution in [2.24, 2.45) is 0 Å². The minimum absolute atomic E-state index is 0.296. The number of nitrogens with two attached hydrogens (primary N) is 1. The minimum atomic E-state index is 0.296. The van der Waals surface area contributed by atoms with Crippen LogP contribution in [0.25, 0.3) is 33.2 Å². The number of piperazine rings is 1. The van der Waals surface area contributed by atoms with Crippen molar-refractivity contribution in [3.05, 3.63) is 71.6 Å². The molecule has 5 aromatic rings. The molecule has 0 spiro atoms. The molecular weight excluding hydrogens is 572 g/mol. The molecule has 0 unspecified atom stereocenters. The van der Waals surface area contributed by atoms with Gasteiger partial charge in [0.05, 0.1) is 18.0 Å². The van der Waals surface area contributed by atoms with Crippen LogP contribution in [0.1, 0.15) is 44.2 Å². The van der Waals surface area contributed by atoms with Crippen molar-refractivity contribution in [1.29, 1.82) is 0 Å². The van der Waals surface area contributed by atoms with E-state index in [1.54, 1.807) is 6.33 Å². The summed E-state index contributed by atoms with van der Waals surface area (Å²) >= 11 is 6.45. The van der Waals surface area contributed by atoms with Gasteiger partial charge in [-0.2, -0.15) is 5.10 Å². The number of nitrogen functional groups attached to an aromatic ring is 1. The monoisotopic (exact) mass is 612 g/mol. The standard InChI is InChI=1S/C34H41ClN8O/c1-2-44-20-19-40-15-17-41(18-16-40)27-8-10-28(11-9-27)43-34-31(33(36)37-23-38-34)32(39-43)25-7-12-30-24(21-25)13-14-42(30)22-26-5-3-4-6-29(26)35/h3-7,12-14,21,23,27-28H,2,8-11,15-20,22H2,1H3,(H2,36,37,38). The van der Waals surface area contributed by atoms with Gasteiger partial charge in [0.15, 0.2) is 5.65 Å². The van der Waals surface area contributed by atoms with Crippen LogP contribution < -0.4 is 5.73 Å². The molecule has 2 aromatic carbocycles. The molecule has 2 aliphatic rings. The molecule has 230 valence electrons. The molecule has 0 amide bonds. The fourth-order valence-corrected chi connectivity index (χ4v) is 7.30. The highest BCUT2D eigenvalue weighted by Gasteiger charge is 2.31. The van der Waals surface area contributed by atoms with Crippen LogP contribution in [0, 0.1) is 0 Å². The average molecular weight is 613 g/mol. The average Bonchev–Trinajstić information content (AvgIpc) is 3.65. The first-order valence-electron chi connectivity index (χ1n) is 15.9. The molecule has 1 saturated heterocycles. The number of anilines is 1. The summed E-state index contributed by atoms with van der Waals surface area (Å²) in [5.74, 6) is 0.475.